The Hall–Kier alpha value is -2.00. The summed E-state index contributed by atoms with van der Waals surface area (Å²) in [6, 6.07) is 22.2. The van der Waals surface area contributed by atoms with Crippen LogP contribution in [0.15, 0.2) is 66.7 Å². The van der Waals surface area contributed by atoms with Gasteiger partial charge in [0.15, 0.2) is 0 Å². The Kier molecular flexibility index (Phi) is 6.89. The molecule has 29 heavy (non-hydrogen) atoms. The highest BCUT2D eigenvalue weighted by molar-refractivity contribution is 6.34. The van der Waals surface area contributed by atoms with Gasteiger partial charge in [-0.25, -0.2) is 0 Å². The summed E-state index contributed by atoms with van der Waals surface area (Å²) in [5, 5.41) is 3.79. The molecule has 0 spiro atoms. The third-order valence-corrected chi connectivity index (χ3v) is 5.02. The van der Waals surface area contributed by atoms with Gasteiger partial charge < -0.3 is 9.30 Å². The molecule has 3 aromatic carbocycles. The summed E-state index contributed by atoms with van der Waals surface area (Å²) in [7, 11) is 0. The molecular weight excluding hydrogens is 401 g/mol. The van der Waals surface area contributed by atoms with E-state index in [1.165, 1.54) is 10.8 Å². The Bertz CT molecular complexity index is 1060. The van der Waals surface area contributed by atoms with Crippen molar-refractivity contribution in [3.05, 3.63) is 76.8 Å². The molecule has 0 fully saturated rings. The molecule has 4 rings (SSSR count). The van der Waals surface area contributed by atoms with Crippen LogP contribution in [-0.2, 0) is 4.74 Å². The summed E-state index contributed by atoms with van der Waals surface area (Å²) in [5.41, 5.74) is 3.49. The summed E-state index contributed by atoms with van der Waals surface area (Å²) < 4.78 is 7.36. The first-order valence-electron chi connectivity index (χ1n) is 9.83. The van der Waals surface area contributed by atoms with Crippen LogP contribution in [0.2, 0.25) is 10.0 Å². The van der Waals surface area contributed by atoms with Crippen molar-refractivity contribution in [2.24, 2.45) is 5.41 Å². The lowest BCUT2D eigenvalue weighted by atomic mass is 9.99. The van der Waals surface area contributed by atoms with Crippen LogP contribution >= 0.6 is 23.2 Å². The minimum atomic E-state index is 0.329. The van der Waals surface area contributed by atoms with Crippen molar-refractivity contribution in [3.8, 4) is 5.69 Å². The molecule has 0 bridgehead atoms. The average Bonchev–Trinajstić information content (AvgIpc) is 3.03. The molecule has 0 saturated heterocycles. The number of fused-ring (bicyclic) bond motifs is 3. The second-order valence-corrected chi connectivity index (χ2v) is 9.01. The smallest absolute Gasteiger partial charge is 0.0663 e. The van der Waals surface area contributed by atoms with Crippen molar-refractivity contribution < 1.29 is 4.74 Å². The maximum Gasteiger partial charge on any atom is 0.0663 e. The van der Waals surface area contributed by atoms with E-state index in [0.29, 0.717) is 15.5 Å². The highest BCUT2D eigenvalue weighted by atomic mass is 35.5. The molecule has 0 aliphatic carbocycles. The SMILES string of the molecule is CCOCC(C)(C)C.Clc1ccc(Cl)c(-n2c3ccccc3c3ccccc32)c1. The van der Waals surface area contributed by atoms with E-state index in [2.05, 4.69) is 61.7 Å². The van der Waals surface area contributed by atoms with Crippen LogP contribution in [0.25, 0.3) is 27.5 Å². The van der Waals surface area contributed by atoms with E-state index < -0.39 is 0 Å². The Morgan fingerprint density at radius 1 is 0.828 bits per heavy atom. The van der Waals surface area contributed by atoms with Crippen LogP contribution in [0, 0.1) is 5.41 Å². The number of aromatic nitrogens is 1. The molecule has 4 aromatic rings. The molecule has 152 valence electrons. The summed E-state index contributed by atoms with van der Waals surface area (Å²) >= 11 is 12.6. The maximum atomic E-state index is 6.41. The number of rotatable bonds is 3. The zero-order valence-electron chi connectivity index (χ0n) is 17.4. The normalized spacial score (nSPS) is 11.5. The van der Waals surface area contributed by atoms with Crippen molar-refractivity contribution in [1.29, 1.82) is 0 Å². The fourth-order valence-electron chi connectivity index (χ4n) is 3.25. The van der Waals surface area contributed by atoms with Gasteiger partial charge in [0, 0.05) is 22.4 Å². The van der Waals surface area contributed by atoms with Gasteiger partial charge in [0.2, 0.25) is 0 Å². The molecular formula is C25H27Cl2NO. The predicted octanol–water partition coefficient (Wildman–Crippen LogP) is 8.16. The predicted molar refractivity (Wildman–Crippen MR) is 127 cm³/mol. The first-order chi connectivity index (χ1) is 13.8. The molecule has 0 unspecified atom stereocenters. The first-order valence-corrected chi connectivity index (χ1v) is 10.6. The topological polar surface area (TPSA) is 14.2 Å². The molecule has 0 amide bonds. The zero-order valence-corrected chi connectivity index (χ0v) is 18.9. The van der Waals surface area contributed by atoms with E-state index in [1.54, 1.807) is 6.07 Å². The van der Waals surface area contributed by atoms with Crippen LogP contribution in [0.4, 0.5) is 0 Å². The van der Waals surface area contributed by atoms with Crippen molar-refractivity contribution in [2.75, 3.05) is 13.2 Å². The van der Waals surface area contributed by atoms with E-state index >= 15 is 0 Å². The number of hydrogen-bond acceptors (Lipinski definition) is 1. The molecule has 4 heteroatoms. The summed E-state index contributed by atoms with van der Waals surface area (Å²) in [5.74, 6) is 0. The molecule has 0 atom stereocenters. The van der Waals surface area contributed by atoms with Gasteiger partial charge in [0.25, 0.3) is 0 Å². The fraction of sp³-hybridized carbons (Fsp3) is 0.280. The highest BCUT2D eigenvalue weighted by Gasteiger charge is 2.13. The van der Waals surface area contributed by atoms with Gasteiger partial charge in [-0.2, -0.15) is 0 Å². The molecule has 0 radical (unpaired) electrons. The molecule has 0 N–H and O–H groups in total. The summed E-state index contributed by atoms with van der Waals surface area (Å²) in [6.45, 7) is 10.2. The summed E-state index contributed by atoms with van der Waals surface area (Å²) in [4.78, 5) is 0. The number of benzene rings is 3. The minimum absolute atomic E-state index is 0.329. The van der Waals surface area contributed by atoms with Crippen molar-refractivity contribution in [1.82, 2.24) is 4.57 Å². The van der Waals surface area contributed by atoms with Gasteiger partial charge in [-0.3, -0.25) is 0 Å². The number of halogens is 2. The van der Waals surface area contributed by atoms with Gasteiger partial charge in [0.05, 0.1) is 28.4 Å². The lowest BCUT2D eigenvalue weighted by Crippen LogP contribution is -2.14. The van der Waals surface area contributed by atoms with Crippen LogP contribution in [0.5, 0.6) is 0 Å². The van der Waals surface area contributed by atoms with Gasteiger partial charge in [-0.05, 0) is 42.7 Å². The Labute approximate surface area is 183 Å². The monoisotopic (exact) mass is 427 g/mol. The molecule has 1 aromatic heterocycles. The van der Waals surface area contributed by atoms with Gasteiger partial charge in [-0.1, -0.05) is 80.4 Å². The molecule has 0 aliphatic heterocycles. The van der Waals surface area contributed by atoms with E-state index in [-0.39, 0.29) is 0 Å². The van der Waals surface area contributed by atoms with E-state index in [9.17, 15) is 0 Å². The van der Waals surface area contributed by atoms with Crippen molar-refractivity contribution in [2.45, 2.75) is 27.7 Å². The van der Waals surface area contributed by atoms with Crippen molar-refractivity contribution in [3.63, 3.8) is 0 Å². The van der Waals surface area contributed by atoms with E-state index in [0.717, 1.165) is 29.9 Å². The van der Waals surface area contributed by atoms with Crippen molar-refractivity contribution >= 4 is 45.0 Å². The first kappa shape index (κ1) is 21.7. The molecule has 0 saturated carbocycles. The van der Waals surface area contributed by atoms with E-state index in [1.807, 2.05) is 31.2 Å². The lowest BCUT2D eigenvalue weighted by Gasteiger charge is -2.16. The van der Waals surface area contributed by atoms with Gasteiger partial charge >= 0.3 is 0 Å². The quantitative estimate of drug-likeness (QED) is 0.321. The largest absolute Gasteiger partial charge is 0.381 e. The molecule has 0 aliphatic rings. The minimum Gasteiger partial charge on any atom is -0.381 e. The van der Waals surface area contributed by atoms with Crippen LogP contribution in [-0.4, -0.2) is 17.8 Å². The Morgan fingerprint density at radius 3 is 1.86 bits per heavy atom. The number of para-hydroxylation sites is 2. The molecule has 1 heterocycles. The third kappa shape index (κ3) is 5.14. The van der Waals surface area contributed by atoms with Crippen LogP contribution in [0.1, 0.15) is 27.7 Å². The number of hydrogen-bond donors (Lipinski definition) is 0. The van der Waals surface area contributed by atoms with Gasteiger partial charge in [-0.15, -0.1) is 0 Å². The van der Waals surface area contributed by atoms with E-state index in [4.69, 9.17) is 27.9 Å². The second-order valence-electron chi connectivity index (χ2n) is 8.16. The summed E-state index contributed by atoms with van der Waals surface area (Å²) in [6.07, 6.45) is 0. The second kappa shape index (κ2) is 9.21. The number of nitrogens with zero attached hydrogens (tertiary/aromatic N) is 1. The highest BCUT2D eigenvalue weighted by Crippen LogP contribution is 2.35. The molecule has 2 nitrogen and oxygen atoms in total. The third-order valence-electron chi connectivity index (χ3n) is 4.47. The Balaban J connectivity index is 0.000000258. The van der Waals surface area contributed by atoms with Gasteiger partial charge in [0.1, 0.15) is 0 Å². The van der Waals surface area contributed by atoms with Crippen LogP contribution < -0.4 is 0 Å². The average molecular weight is 428 g/mol. The zero-order chi connectivity index (χ0) is 21.0. The standard InChI is InChI=1S/C18H11Cl2N.C7H16O/c19-12-9-10-15(20)18(11-12)21-16-7-3-1-5-13(16)14-6-2-4-8-17(14)21;1-5-8-6-7(2,3)4/h1-11H;5-6H2,1-4H3. The number of ether oxygens (including phenoxy) is 1. The Morgan fingerprint density at radius 2 is 1.38 bits per heavy atom. The fourth-order valence-corrected chi connectivity index (χ4v) is 3.62. The van der Waals surface area contributed by atoms with Crippen LogP contribution in [0.3, 0.4) is 0 Å². The maximum absolute atomic E-state index is 6.41. The lowest BCUT2D eigenvalue weighted by molar-refractivity contribution is 0.0805.